The van der Waals surface area contributed by atoms with Crippen LogP contribution in [0.25, 0.3) is 32.9 Å². The van der Waals surface area contributed by atoms with E-state index in [4.69, 9.17) is 23.2 Å². The normalized spacial score (nSPS) is 11.3. The molecular formula is C20H14Cl2N2O2. The number of carboxylic acids is 1. The number of rotatable bonds is 3. The average molecular weight is 385 g/mol. The van der Waals surface area contributed by atoms with Gasteiger partial charge in [0, 0.05) is 43.8 Å². The number of benzene rings is 2. The second-order valence-electron chi connectivity index (χ2n) is 6.12. The molecule has 0 aliphatic rings. The number of fused-ring (bicyclic) bond motifs is 2. The molecule has 4 aromatic rings. The maximum Gasteiger partial charge on any atom is 0.323 e. The highest BCUT2D eigenvalue weighted by Crippen LogP contribution is 2.39. The van der Waals surface area contributed by atoms with E-state index in [0.717, 1.165) is 38.6 Å². The van der Waals surface area contributed by atoms with Crippen molar-refractivity contribution in [2.45, 2.75) is 13.5 Å². The van der Waals surface area contributed by atoms with Gasteiger partial charge in [0.15, 0.2) is 0 Å². The van der Waals surface area contributed by atoms with Crippen molar-refractivity contribution < 1.29 is 9.90 Å². The number of hydrogen-bond acceptors (Lipinski definition) is 2. The third-order valence-corrected chi connectivity index (χ3v) is 5.02. The van der Waals surface area contributed by atoms with Gasteiger partial charge >= 0.3 is 5.97 Å². The number of nitrogens with zero attached hydrogens (tertiary/aromatic N) is 2. The first-order chi connectivity index (χ1) is 12.5. The first-order valence-corrected chi connectivity index (χ1v) is 8.76. The van der Waals surface area contributed by atoms with Gasteiger partial charge in [-0.25, -0.2) is 0 Å². The Hall–Kier alpha value is -2.56. The zero-order chi connectivity index (χ0) is 18.4. The number of pyridine rings is 1. The van der Waals surface area contributed by atoms with Gasteiger partial charge in [-0.3, -0.25) is 9.78 Å². The van der Waals surface area contributed by atoms with Crippen LogP contribution in [0.15, 0.2) is 48.7 Å². The van der Waals surface area contributed by atoms with Gasteiger partial charge in [-0.1, -0.05) is 29.3 Å². The predicted octanol–water partition coefficient (Wildman–Crippen LogP) is 5.56. The van der Waals surface area contributed by atoms with Crippen LogP contribution < -0.4 is 0 Å². The standard InChI is InChI=1S/C20H14Cl2N2O2/c1-11-20(15-6-7-23-17-9-13(22)2-4-14(15)17)16-8-12(21)3-5-18(16)24(11)10-19(25)26/h2-9H,10H2,1H3,(H,25,26). The number of halogens is 2. The Kier molecular flexibility index (Phi) is 4.10. The molecule has 4 nitrogen and oxygen atoms in total. The van der Waals surface area contributed by atoms with E-state index in [1.165, 1.54) is 0 Å². The number of hydrogen-bond donors (Lipinski definition) is 1. The fourth-order valence-electron chi connectivity index (χ4n) is 3.47. The molecule has 0 radical (unpaired) electrons. The maximum absolute atomic E-state index is 11.4. The molecular weight excluding hydrogens is 371 g/mol. The van der Waals surface area contributed by atoms with Gasteiger partial charge in [-0.05, 0) is 48.9 Å². The predicted molar refractivity (Wildman–Crippen MR) is 105 cm³/mol. The molecule has 1 N–H and O–H groups in total. The molecule has 0 aliphatic carbocycles. The summed E-state index contributed by atoms with van der Waals surface area (Å²) in [6, 6.07) is 13.0. The monoisotopic (exact) mass is 384 g/mol. The first-order valence-electron chi connectivity index (χ1n) is 8.00. The Morgan fingerprint density at radius 1 is 1.08 bits per heavy atom. The van der Waals surface area contributed by atoms with E-state index in [1.54, 1.807) is 16.8 Å². The molecule has 0 fully saturated rings. The molecule has 0 unspecified atom stereocenters. The molecule has 0 atom stereocenters. The van der Waals surface area contributed by atoms with E-state index in [0.29, 0.717) is 10.0 Å². The molecule has 6 heteroatoms. The fraction of sp³-hybridized carbons (Fsp3) is 0.100. The van der Waals surface area contributed by atoms with Crippen LogP contribution >= 0.6 is 23.2 Å². The molecule has 0 bridgehead atoms. The second kappa shape index (κ2) is 6.31. The minimum absolute atomic E-state index is 0.112. The fourth-order valence-corrected chi connectivity index (χ4v) is 3.81. The van der Waals surface area contributed by atoms with Crippen LogP contribution in [-0.2, 0) is 11.3 Å². The summed E-state index contributed by atoms with van der Waals surface area (Å²) in [5, 5.41) is 12.4. The van der Waals surface area contributed by atoms with E-state index < -0.39 is 5.97 Å². The summed E-state index contributed by atoms with van der Waals surface area (Å²) >= 11 is 12.3. The van der Waals surface area contributed by atoms with Gasteiger partial charge in [-0.2, -0.15) is 0 Å². The lowest BCUT2D eigenvalue weighted by Gasteiger charge is -2.08. The summed E-state index contributed by atoms with van der Waals surface area (Å²) in [5.74, 6) is -0.891. The Morgan fingerprint density at radius 2 is 1.81 bits per heavy atom. The summed E-state index contributed by atoms with van der Waals surface area (Å²) in [4.78, 5) is 15.8. The third kappa shape index (κ3) is 2.71. The second-order valence-corrected chi connectivity index (χ2v) is 6.99. The van der Waals surface area contributed by atoms with E-state index >= 15 is 0 Å². The highest BCUT2D eigenvalue weighted by molar-refractivity contribution is 6.32. The molecule has 0 spiro atoms. The van der Waals surface area contributed by atoms with Crippen LogP contribution in [0.5, 0.6) is 0 Å². The van der Waals surface area contributed by atoms with Crippen LogP contribution in [0.1, 0.15) is 5.69 Å². The van der Waals surface area contributed by atoms with Crippen molar-refractivity contribution in [3.05, 3.63) is 64.4 Å². The van der Waals surface area contributed by atoms with Crippen LogP contribution in [0.4, 0.5) is 0 Å². The first kappa shape index (κ1) is 16.9. The van der Waals surface area contributed by atoms with Gasteiger partial charge in [-0.15, -0.1) is 0 Å². The Labute approximate surface area is 159 Å². The van der Waals surface area contributed by atoms with Gasteiger partial charge in [0.25, 0.3) is 0 Å². The largest absolute Gasteiger partial charge is 0.480 e. The van der Waals surface area contributed by atoms with Crippen LogP contribution in [0, 0.1) is 6.92 Å². The topological polar surface area (TPSA) is 55.1 Å². The smallest absolute Gasteiger partial charge is 0.323 e. The molecule has 0 aliphatic heterocycles. The van der Waals surface area contributed by atoms with Gasteiger partial charge in [0.2, 0.25) is 0 Å². The summed E-state index contributed by atoms with van der Waals surface area (Å²) in [6.07, 6.45) is 1.73. The molecule has 0 saturated heterocycles. The lowest BCUT2D eigenvalue weighted by molar-refractivity contribution is -0.137. The van der Waals surface area contributed by atoms with E-state index in [2.05, 4.69) is 4.98 Å². The Balaban J connectivity index is 2.11. The van der Waals surface area contributed by atoms with Crippen molar-refractivity contribution in [2.24, 2.45) is 0 Å². The molecule has 2 aromatic carbocycles. The molecule has 2 heterocycles. The van der Waals surface area contributed by atoms with Gasteiger partial charge < -0.3 is 9.67 Å². The minimum atomic E-state index is -0.891. The van der Waals surface area contributed by atoms with Crippen molar-refractivity contribution in [3.63, 3.8) is 0 Å². The molecule has 4 rings (SSSR count). The molecule has 0 saturated carbocycles. The molecule has 0 amide bonds. The lowest BCUT2D eigenvalue weighted by Crippen LogP contribution is -2.09. The van der Waals surface area contributed by atoms with Crippen LogP contribution in [-0.4, -0.2) is 20.6 Å². The SMILES string of the molecule is Cc1c(-c2ccnc3cc(Cl)ccc23)c2cc(Cl)ccc2n1CC(=O)O. The highest BCUT2D eigenvalue weighted by Gasteiger charge is 2.19. The van der Waals surface area contributed by atoms with Gasteiger partial charge in [0.1, 0.15) is 6.54 Å². The summed E-state index contributed by atoms with van der Waals surface area (Å²) in [7, 11) is 0. The minimum Gasteiger partial charge on any atom is -0.480 e. The number of aromatic nitrogens is 2. The van der Waals surface area contributed by atoms with E-state index in [9.17, 15) is 9.90 Å². The molecule has 26 heavy (non-hydrogen) atoms. The van der Waals surface area contributed by atoms with Crippen molar-refractivity contribution in [1.29, 1.82) is 0 Å². The number of aliphatic carboxylic acids is 1. The average Bonchev–Trinajstić information content (AvgIpc) is 2.85. The van der Waals surface area contributed by atoms with Gasteiger partial charge in [0.05, 0.1) is 5.52 Å². The van der Waals surface area contributed by atoms with E-state index in [1.807, 2.05) is 43.3 Å². The van der Waals surface area contributed by atoms with Crippen molar-refractivity contribution >= 4 is 51.0 Å². The number of carboxylic acid groups (broad SMARTS) is 1. The van der Waals surface area contributed by atoms with Crippen LogP contribution in [0.3, 0.4) is 0 Å². The highest BCUT2D eigenvalue weighted by atomic mass is 35.5. The third-order valence-electron chi connectivity index (χ3n) is 4.55. The Morgan fingerprint density at radius 3 is 2.58 bits per heavy atom. The van der Waals surface area contributed by atoms with Crippen molar-refractivity contribution in [2.75, 3.05) is 0 Å². The maximum atomic E-state index is 11.4. The summed E-state index contributed by atoms with van der Waals surface area (Å²) in [6.45, 7) is 1.81. The molecule has 130 valence electrons. The summed E-state index contributed by atoms with van der Waals surface area (Å²) < 4.78 is 1.80. The Bertz CT molecular complexity index is 1180. The van der Waals surface area contributed by atoms with Crippen molar-refractivity contribution in [3.8, 4) is 11.1 Å². The zero-order valence-electron chi connectivity index (χ0n) is 13.8. The van der Waals surface area contributed by atoms with Crippen LogP contribution in [0.2, 0.25) is 10.0 Å². The van der Waals surface area contributed by atoms with Crippen molar-refractivity contribution in [1.82, 2.24) is 9.55 Å². The van der Waals surface area contributed by atoms with E-state index in [-0.39, 0.29) is 6.54 Å². The zero-order valence-corrected chi connectivity index (χ0v) is 15.3. The quantitative estimate of drug-likeness (QED) is 0.503. The molecule has 2 aromatic heterocycles. The lowest BCUT2D eigenvalue weighted by atomic mass is 9.98. The number of carbonyl (C=O) groups is 1. The summed E-state index contributed by atoms with van der Waals surface area (Å²) in [5.41, 5.74) is 4.42.